The van der Waals surface area contributed by atoms with Crippen LogP contribution < -0.4 is 10.6 Å². The van der Waals surface area contributed by atoms with Gasteiger partial charge < -0.3 is 15.4 Å². The molecule has 0 radical (unpaired) electrons. The van der Waals surface area contributed by atoms with Crippen LogP contribution in [0.4, 0.5) is 10.7 Å². The second-order valence-electron chi connectivity index (χ2n) is 6.74. The summed E-state index contributed by atoms with van der Waals surface area (Å²) >= 11 is 7.18. The van der Waals surface area contributed by atoms with E-state index >= 15 is 0 Å². The number of fused-ring (bicyclic) bond motifs is 2. The molecule has 0 saturated carbocycles. The Morgan fingerprint density at radius 2 is 1.89 bits per heavy atom. The number of hydrogen-bond acceptors (Lipinski definition) is 4. The van der Waals surface area contributed by atoms with E-state index in [0.717, 1.165) is 52.7 Å². The van der Waals surface area contributed by atoms with E-state index in [9.17, 15) is 4.79 Å². The summed E-state index contributed by atoms with van der Waals surface area (Å²) in [5, 5.41) is 10.0. The van der Waals surface area contributed by atoms with Gasteiger partial charge in [-0.3, -0.25) is 0 Å². The highest BCUT2D eigenvalue weighted by Gasteiger charge is 2.26. The number of anilines is 2. The smallest absolute Gasteiger partial charge is 0.341 e. The predicted molar refractivity (Wildman–Crippen MR) is 121 cm³/mol. The first-order valence-corrected chi connectivity index (χ1v) is 10.8. The zero-order chi connectivity index (χ0) is 19.5. The van der Waals surface area contributed by atoms with Gasteiger partial charge in [0.25, 0.3) is 0 Å². The van der Waals surface area contributed by atoms with Crippen LogP contribution in [0.25, 0.3) is 10.8 Å². The molecule has 2 aromatic carbocycles. The number of aryl methyl sites for hydroxylation is 1. The van der Waals surface area contributed by atoms with Crippen molar-refractivity contribution in [2.45, 2.75) is 32.6 Å². The molecule has 1 aliphatic carbocycles. The average molecular weight is 411 g/mol. The number of rotatable bonds is 4. The van der Waals surface area contributed by atoms with E-state index in [1.807, 2.05) is 31.2 Å². The Bertz CT molecular complexity index is 1040. The van der Waals surface area contributed by atoms with Crippen molar-refractivity contribution in [2.24, 2.45) is 0 Å². The Morgan fingerprint density at radius 3 is 2.75 bits per heavy atom. The van der Waals surface area contributed by atoms with E-state index < -0.39 is 0 Å². The summed E-state index contributed by atoms with van der Waals surface area (Å²) in [5.41, 5.74) is 2.73. The molecule has 1 aromatic heterocycles. The molecule has 1 heterocycles. The van der Waals surface area contributed by atoms with Crippen LogP contribution in [0.3, 0.4) is 0 Å². The summed E-state index contributed by atoms with van der Waals surface area (Å²) in [6.45, 7) is 2.19. The van der Waals surface area contributed by atoms with Crippen molar-refractivity contribution in [3.05, 3.63) is 58.5 Å². The first kappa shape index (κ1) is 18.9. The van der Waals surface area contributed by atoms with Gasteiger partial charge in [0.05, 0.1) is 12.2 Å². The van der Waals surface area contributed by atoms with Gasteiger partial charge in [0.15, 0.2) is 5.11 Å². The van der Waals surface area contributed by atoms with E-state index in [4.69, 9.17) is 17.0 Å². The third-order valence-electron chi connectivity index (χ3n) is 4.92. The van der Waals surface area contributed by atoms with Crippen LogP contribution in [0.15, 0.2) is 42.5 Å². The monoisotopic (exact) mass is 410 g/mol. The molecule has 4 nitrogen and oxygen atoms in total. The second-order valence-corrected chi connectivity index (χ2v) is 8.25. The molecular formula is C22H22N2O2S2. The number of carbonyl (C=O) groups is 1. The molecule has 0 fully saturated rings. The molecule has 2 N–H and O–H groups in total. The van der Waals surface area contributed by atoms with Crippen molar-refractivity contribution in [1.29, 1.82) is 0 Å². The van der Waals surface area contributed by atoms with Gasteiger partial charge in [-0.2, -0.15) is 0 Å². The Morgan fingerprint density at radius 1 is 1.11 bits per heavy atom. The van der Waals surface area contributed by atoms with Gasteiger partial charge in [-0.25, -0.2) is 4.79 Å². The number of hydrogen-bond donors (Lipinski definition) is 2. The second kappa shape index (κ2) is 8.29. The van der Waals surface area contributed by atoms with Gasteiger partial charge in [-0.15, -0.1) is 11.3 Å². The minimum atomic E-state index is -0.266. The van der Waals surface area contributed by atoms with Crippen LogP contribution in [0.5, 0.6) is 0 Å². The molecule has 0 spiro atoms. The predicted octanol–water partition coefficient (Wildman–Crippen LogP) is 5.77. The third kappa shape index (κ3) is 3.75. The third-order valence-corrected chi connectivity index (χ3v) is 6.33. The molecule has 0 unspecified atom stereocenters. The standard InChI is InChI=1S/C22H22N2O2S2/c1-2-26-21(25)19-16-11-5-6-13-18(16)28-20(19)24-22(27)23-17-12-7-9-14-8-3-4-10-15(14)17/h3-4,7-10,12H,2,5-6,11,13H2,1H3,(H2,23,24,27). The van der Waals surface area contributed by atoms with Gasteiger partial charge in [0.2, 0.25) is 0 Å². The number of benzene rings is 2. The molecule has 144 valence electrons. The lowest BCUT2D eigenvalue weighted by atomic mass is 9.95. The number of thiophene rings is 1. The van der Waals surface area contributed by atoms with Gasteiger partial charge in [-0.1, -0.05) is 36.4 Å². The molecule has 4 rings (SSSR count). The average Bonchev–Trinajstić information content (AvgIpc) is 3.06. The molecule has 28 heavy (non-hydrogen) atoms. The van der Waals surface area contributed by atoms with Crippen molar-refractivity contribution < 1.29 is 9.53 Å². The Labute approximate surface area is 173 Å². The molecule has 0 atom stereocenters. The molecule has 3 aromatic rings. The number of carbonyl (C=O) groups excluding carboxylic acids is 1. The lowest BCUT2D eigenvalue weighted by Crippen LogP contribution is -2.20. The first-order valence-electron chi connectivity index (χ1n) is 9.54. The molecule has 0 amide bonds. The van der Waals surface area contributed by atoms with E-state index in [0.29, 0.717) is 17.3 Å². The van der Waals surface area contributed by atoms with E-state index in [1.165, 1.54) is 4.88 Å². The van der Waals surface area contributed by atoms with Gasteiger partial charge in [-0.05, 0) is 61.8 Å². The fraction of sp³-hybridized carbons (Fsp3) is 0.273. The summed E-state index contributed by atoms with van der Waals surface area (Å²) < 4.78 is 5.31. The Hall–Kier alpha value is -2.44. The minimum Gasteiger partial charge on any atom is -0.462 e. The van der Waals surface area contributed by atoms with Crippen molar-refractivity contribution >= 4 is 56.1 Å². The first-order chi connectivity index (χ1) is 13.7. The quantitative estimate of drug-likeness (QED) is 0.423. The zero-order valence-corrected chi connectivity index (χ0v) is 17.3. The maximum absolute atomic E-state index is 12.6. The fourth-order valence-corrected chi connectivity index (χ4v) is 5.22. The minimum absolute atomic E-state index is 0.266. The Kier molecular flexibility index (Phi) is 5.59. The number of thiocarbonyl (C=S) groups is 1. The van der Waals surface area contributed by atoms with Gasteiger partial charge in [0.1, 0.15) is 5.00 Å². The maximum atomic E-state index is 12.6. The van der Waals surface area contributed by atoms with Gasteiger partial charge in [0, 0.05) is 16.0 Å². The molecular weight excluding hydrogens is 388 g/mol. The number of nitrogens with one attached hydrogen (secondary N) is 2. The van der Waals surface area contributed by atoms with Crippen molar-refractivity contribution in [3.63, 3.8) is 0 Å². The molecule has 0 aliphatic heterocycles. The highest BCUT2D eigenvalue weighted by molar-refractivity contribution is 7.80. The normalized spacial score (nSPS) is 13.0. The SMILES string of the molecule is CCOC(=O)c1c(NC(=S)Nc2cccc3ccccc23)sc2c1CCCC2. The zero-order valence-electron chi connectivity index (χ0n) is 15.7. The van der Waals surface area contributed by atoms with E-state index in [1.54, 1.807) is 11.3 Å². The summed E-state index contributed by atoms with van der Waals surface area (Å²) in [6, 6.07) is 14.2. The van der Waals surface area contributed by atoms with Crippen LogP contribution in [-0.2, 0) is 17.6 Å². The molecule has 0 bridgehead atoms. The van der Waals surface area contributed by atoms with Crippen LogP contribution in [-0.4, -0.2) is 17.7 Å². The molecule has 6 heteroatoms. The lowest BCUT2D eigenvalue weighted by molar-refractivity contribution is 0.0526. The maximum Gasteiger partial charge on any atom is 0.341 e. The summed E-state index contributed by atoms with van der Waals surface area (Å²) in [4.78, 5) is 13.9. The van der Waals surface area contributed by atoms with E-state index in [-0.39, 0.29) is 5.97 Å². The summed E-state index contributed by atoms with van der Waals surface area (Å²) in [6.07, 6.45) is 4.20. The van der Waals surface area contributed by atoms with Crippen molar-refractivity contribution in [1.82, 2.24) is 0 Å². The highest BCUT2D eigenvalue weighted by Crippen LogP contribution is 2.38. The van der Waals surface area contributed by atoms with Crippen molar-refractivity contribution in [2.75, 3.05) is 17.2 Å². The summed E-state index contributed by atoms with van der Waals surface area (Å²) in [5.74, 6) is -0.266. The van der Waals surface area contributed by atoms with Crippen LogP contribution in [0, 0.1) is 0 Å². The highest BCUT2D eigenvalue weighted by atomic mass is 32.1. The fourth-order valence-electron chi connectivity index (χ4n) is 3.66. The van der Waals surface area contributed by atoms with Gasteiger partial charge >= 0.3 is 5.97 Å². The lowest BCUT2D eigenvalue weighted by Gasteiger charge is -2.14. The molecule has 1 aliphatic rings. The molecule has 0 saturated heterocycles. The van der Waals surface area contributed by atoms with E-state index in [2.05, 4.69) is 28.8 Å². The van der Waals surface area contributed by atoms with Crippen LogP contribution in [0.2, 0.25) is 0 Å². The van der Waals surface area contributed by atoms with Crippen molar-refractivity contribution in [3.8, 4) is 0 Å². The number of ether oxygens (including phenoxy) is 1. The largest absolute Gasteiger partial charge is 0.462 e. The summed E-state index contributed by atoms with van der Waals surface area (Å²) in [7, 11) is 0. The van der Waals surface area contributed by atoms with Crippen LogP contribution in [0.1, 0.15) is 40.6 Å². The topological polar surface area (TPSA) is 50.4 Å². The Balaban J connectivity index is 1.60. The number of esters is 1. The van der Waals surface area contributed by atoms with Crippen LogP contribution >= 0.6 is 23.6 Å².